The quantitative estimate of drug-likeness (QED) is 0.830. The summed E-state index contributed by atoms with van der Waals surface area (Å²) in [6.07, 6.45) is 1.47. The third-order valence-corrected chi connectivity index (χ3v) is 3.24. The van der Waals surface area contributed by atoms with Gasteiger partial charge < -0.3 is 14.6 Å². The molecule has 1 atom stereocenters. The average molecular weight is 253 g/mol. The summed E-state index contributed by atoms with van der Waals surface area (Å²) in [6, 6.07) is 2.50. The largest absolute Gasteiger partial charge is 0.380 e. The van der Waals surface area contributed by atoms with Crippen molar-refractivity contribution < 1.29 is 9.26 Å². The van der Waals surface area contributed by atoms with Gasteiger partial charge in [-0.3, -0.25) is 4.90 Å². The summed E-state index contributed by atoms with van der Waals surface area (Å²) in [5.41, 5.74) is 0.973. The molecule has 0 saturated carbocycles. The molecule has 0 aliphatic carbocycles. The van der Waals surface area contributed by atoms with Crippen LogP contribution in [0.15, 0.2) is 10.6 Å². The third kappa shape index (κ3) is 3.80. The van der Waals surface area contributed by atoms with Crippen molar-refractivity contribution in [1.82, 2.24) is 15.4 Å². The normalized spacial score (nSPS) is 21.0. The van der Waals surface area contributed by atoms with Crippen LogP contribution in [0.5, 0.6) is 0 Å². The molecule has 1 fully saturated rings. The van der Waals surface area contributed by atoms with E-state index in [4.69, 9.17) is 9.26 Å². The molecule has 0 aromatic carbocycles. The van der Waals surface area contributed by atoms with Crippen molar-refractivity contribution >= 4 is 0 Å². The SMILES string of the molecule is COC1CCN(Cc2cc(CNC(C)C)no2)C1. The second-order valence-corrected chi connectivity index (χ2v) is 5.20. The number of nitrogens with one attached hydrogen (secondary N) is 1. The number of rotatable bonds is 6. The lowest BCUT2D eigenvalue weighted by atomic mass is 10.3. The van der Waals surface area contributed by atoms with Crippen molar-refractivity contribution in [3.05, 3.63) is 17.5 Å². The highest BCUT2D eigenvalue weighted by Gasteiger charge is 2.23. The van der Waals surface area contributed by atoms with E-state index >= 15 is 0 Å². The van der Waals surface area contributed by atoms with E-state index in [1.165, 1.54) is 0 Å². The molecule has 1 aliphatic heterocycles. The van der Waals surface area contributed by atoms with Gasteiger partial charge in [-0.1, -0.05) is 19.0 Å². The predicted molar refractivity (Wildman–Crippen MR) is 69.2 cm³/mol. The van der Waals surface area contributed by atoms with E-state index in [2.05, 4.69) is 29.2 Å². The van der Waals surface area contributed by atoms with Crippen LogP contribution in [0, 0.1) is 0 Å². The fraction of sp³-hybridized carbons (Fsp3) is 0.769. The molecule has 0 bridgehead atoms. The van der Waals surface area contributed by atoms with E-state index in [0.717, 1.165) is 44.1 Å². The Bertz CT molecular complexity index is 365. The average Bonchev–Trinajstić information content (AvgIpc) is 2.96. The highest BCUT2D eigenvalue weighted by Crippen LogP contribution is 2.15. The first-order valence-electron chi connectivity index (χ1n) is 6.60. The van der Waals surface area contributed by atoms with Gasteiger partial charge in [-0.15, -0.1) is 0 Å². The zero-order valence-electron chi connectivity index (χ0n) is 11.5. The molecular formula is C13H23N3O2. The minimum atomic E-state index is 0.370. The van der Waals surface area contributed by atoms with Crippen molar-refractivity contribution in [2.45, 2.75) is 45.5 Å². The smallest absolute Gasteiger partial charge is 0.151 e. The maximum Gasteiger partial charge on any atom is 0.151 e. The molecule has 0 amide bonds. The molecule has 2 rings (SSSR count). The van der Waals surface area contributed by atoms with Gasteiger partial charge in [-0.2, -0.15) is 0 Å². The Kier molecular flexibility index (Phi) is 4.74. The molecule has 1 aromatic heterocycles. The second-order valence-electron chi connectivity index (χ2n) is 5.20. The van der Waals surface area contributed by atoms with Gasteiger partial charge >= 0.3 is 0 Å². The minimum Gasteiger partial charge on any atom is -0.380 e. The Balaban J connectivity index is 1.80. The summed E-state index contributed by atoms with van der Waals surface area (Å²) in [4.78, 5) is 2.34. The van der Waals surface area contributed by atoms with E-state index in [9.17, 15) is 0 Å². The van der Waals surface area contributed by atoms with E-state index in [-0.39, 0.29) is 0 Å². The fourth-order valence-electron chi connectivity index (χ4n) is 2.18. The van der Waals surface area contributed by atoms with Crippen molar-refractivity contribution in [1.29, 1.82) is 0 Å². The van der Waals surface area contributed by atoms with Crippen molar-refractivity contribution in [2.75, 3.05) is 20.2 Å². The van der Waals surface area contributed by atoms with Crippen LogP contribution in [0.4, 0.5) is 0 Å². The van der Waals surface area contributed by atoms with E-state index in [0.29, 0.717) is 12.1 Å². The zero-order chi connectivity index (χ0) is 13.0. The van der Waals surface area contributed by atoms with E-state index < -0.39 is 0 Å². The molecule has 1 N–H and O–H groups in total. The van der Waals surface area contributed by atoms with Crippen LogP contribution in [0.25, 0.3) is 0 Å². The topological polar surface area (TPSA) is 50.5 Å². The molecule has 18 heavy (non-hydrogen) atoms. The van der Waals surface area contributed by atoms with Gasteiger partial charge in [0.15, 0.2) is 5.76 Å². The highest BCUT2D eigenvalue weighted by molar-refractivity contribution is 5.05. The van der Waals surface area contributed by atoms with Crippen molar-refractivity contribution in [3.63, 3.8) is 0 Å². The molecule has 5 nitrogen and oxygen atoms in total. The second kappa shape index (κ2) is 6.31. The first-order valence-corrected chi connectivity index (χ1v) is 6.60. The molecular weight excluding hydrogens is 230 g/mol. The van der Waals surface area contributed by atoms with Gasteiger partial charge in [-0.25, -0.2) is 0 Å². The highest BCUT2D eigenvalue weighted by atomic mass is 16.5. The third-order valence-electron chi connectivity index (χ3n) is 3.24. The number of ether oxygens (including phenoxy) is 1. The Hall–Kier alpha value is -0.910. The molecule has 0 radical (unpaired) electrons. The fourth-order valence-corrected chi connectivity index (χ4v) is 2.18. The summed E-state index contributed by atoms with van der Waals surface area (Å²) in [5, 5.41) is 7.40. The van der Waals surface area contributed by atoms with Gasteiger partial charge in [0.2, 0.25) is 0 Å². The minimum absolute atomic E-state index is 0.370. The molecule has 1 aromatic rings. The first-order chi connectivity index (χ1) is 8.67. The first kappa shape index (κ1) is 13.5. The summed E-state index contributed by atoms with van der Waals surface area (Å²) >= 11 is 0. The monoisotopic (exact) mass is 253 g/mol. The van der Waals surface area contributed by atoms with Gasteiger partial charge in [-0.05, 0) is 6.42 Å². The Morgan fingerprint density at radius 1 is 1.61 bits per heavy atom. The molecule has 102 valence electrons. The van der Waals surface area contributed by atoms with Crippen LogP contribution in [-0.4, -0.2) is 42.4 Å². The van der Waals surface area contributed by atoms with Crippen LogP contribution in [-0.2, 0) is 17.8 Å². The van der Waals surface area contributed by atoms with Crippen LogP contribution in [0.3, 0.4) is 0 Å². The molecule has 0 spiro atoms. The number of likely N-dealkylation sites (tertiary alicyclic amines) is 1. The molecule has 1 aliphatic rings. The summed E-state index contributed by atoms with van der Waals surface area (Å²) in [6.45, 7) is 7.89. The van der Waals surface area contributed by atoms with Gasteiger partial charge in [0.25, 0.3) is 0 Å². The number of hydrogen-bond acceptors (Lipinski definition) is 5. The van der Waals surface area contributed by atoms with Crippen LogP contribution in [0.1, 0.15) is 31.7 Å². The number of methoxy groups -OCH3 is 1. The lowest BCUT2D eigenvalue weighted by Crippen LogP contribution is -2.22. The van der Waals surface area contributed by atoms with Crippen LogP contribution in [0.2, 0.25) is 0 Å². The molecule has 1 unspecified atom stereocenters. The van der Waals surface area contributed by atoms with Crippen molar-refractivity contribution in [3.8, 4) is 0 Å². The number of aromatic nitrogens is 1. The number of nitrogens with zero attached hydrogens (tertiary/aromatic N) is 2. The Morgan fingerprint density at radius 2 is 2.44 bits per heavy atom. The number of hydrogen-bond donors (Lipinski definition) is 1. The molecule has 2 heterocycles. The van der Waals surface area contributed by atoms with Gasteiger partial charge in [0, 0.05) is 38.9 Å². The predicted octanol–water partition coefficient (Wildman–Crippen LogP) is 1.39. The van der Waals surface area contributed by atoms with E-state index in [1.807, 2.05) is 6.07 Å². The lowest BCUT2D eigenvalue weighted by Gasteiger charge is -2.12. The summed E-state index contributed by atoms with van der Waals surface area (Å²) in [7, 11) is 1.78. The molecule has 1 saturated heterocycles. The van der Waals surface area contributed by atoms with Gasteiger partial charge in [0.05, 0.1) is 18.3 Å². The Labute approximate surface area is 108 Å². The molecule has 5 heteroatoms. The van der Waals surface area contributed by atoms with Crippen LogP contribution >= 0.6 is 0 Å². The zero-order valence-corrected chi connectivity index (χ0v) is 11.5. The van der Waals surface area contributed by atoms with E-state index in [1.54, 1.807) is 7.11 Å². The lowest BCUT2D eigenvalue weighted by molar-refractivity contribution is 0.106. The standard InChI is InChI=1S/C13H23N3O2/c1-10(2)14-7-11-6-13(18-15-11)9-16-5-4-12(8-16)17-3/h6,10,12,14H,4-5,7-9H2,1-3H3. The summed E-state index contributed by atoms with van der Waals surface area (Å²) < 4.78 is 10.7. The van der Waals surface area contributed by atoms with Gasteiger partial charge in [0.1, 0.15) is 0 Å². The maximum atomic E-state index is 5.36. The summed E-state index contributed by atoms with van der Waals surface area (Å²) in [5.74, 6) is 0.937. The van der Waals surface area contributed by atoms with Crippen molar-refractivity contribution in [2.24, 2.45) is 0 Å². The Morgan fingerprint density at radius 3 is 3.11 bits per heavy atom. The van der Waals surface area contributed by atoms with Crippen LogP contribution < -0.4 is 5.32 Å². The maximum absolute atomic E-state index is 5.36.